The Bertz CT molecular complexity index is 271. The predicted octanol–water partition coefficient (Wildman–Crippen LogP) is 2.01. The van der Waals surface area contributed by atoms with Gasteiger partial charge in [0.1, 0.15) is 0 Å². The van der Waals surface area contributed by atoms with Crippen LogP contribution in [0.5, 0.6) is 0 Å². The lowest BCUT2D eigenvalue weighted by Crippen LogP contribution is -1.95. The first-order valence-electron chi connectivity index (χ1n) is 4.78. The lowest BCUT2D eigenvalue weighted by molar-refractivity contribution is 0.284. The third-order valence-corrected chi connectivity index (χ3v) is 2.19. The molecule has 0 saturated heterocycles. The Hall–Kier alpha value is -0.890. The van der Waals surface area contributed by atoms with Crippen molar-refractivity contribution in [2.45, 2.75) is 33.1 Å². The number of aliphatic hydroxyl groups is 1. The summed E-state index contributed by atoms with van der Waals surface area (Å²) in [6.45, 7) is 4.34. The summed E-state index contributed by atoms with van der Waals surface area (Å²) in [5.74, 6) is 0. The lowest BCUT2D eigenvalue weighted by atomic mass is 10.1. The molecule has 0 aromatic carbocycles. The molecule has 1 N–H and O–H groups in total. The number of nitrogens with zero attached hydrogens (tertiary/aromatic N) is 1. The summed E-state index contributed by atoms with van der Waals surface area (Å²) < 4.78 is 0. The van der Waals surface area contributed by atoms with E-state index < -0.39 is 0 Å². The van der Waals surface area contributed by atoms with E-state index >= 15 is 0 Å². The van der Waals surface area contributed by atoms with E-state index in [1.807, 2.05) is 19.9 Å². The minimum absolute atomic E-state index is 0.290. The molecular weight excluding hydrogens is 162 g/mol. The minimum atomic E-state index is 0.290. The lowest BCUT2D eigenvalue weighted by Gasteiger charge is -2.04. The van der Waals surface area contributed by atoms with Gasteiger partial charge in [-0.15, -0.1) is 0 Å². The monoisotopic (exact) mass is 179 g/mol. The maximum Gasteiger partial charge on any atom is 0.0431 e. The van der Waals surface area contributed by atoms with Gasteiger partial charge >= 0.3 is 0 Å². The van der Waals surface area contributed by atoms with Gasteiger partial charge in [-0.3, -0.25) is 4.98 Å². The van der Waals surface area contributed by atoms with Crippen molar-refractivity contribution in [2.24, 2.45) is 0 Å². The minimum Gasteiger partial charge on any atom is -0.396 e. The molecule has 0 aliphatic heterocycles. The molecule has 0 radical (unpaired) electrons. The Morgan fingerprint density at radius 1 is 1.23 bits per heavy atom. The van der Waals surface area contributed by atoms with Crippen molar-refractivity contribution in [2.75, 3.05) is 6.61 Å². The van der Waals surface area contributed by atoms with Gasteiger partial charge in [0.2, 0.25) is 0 Å². The van der Waals surface area contributed by atoms with E-state index in [4.69, 9.17) is 5.11 Å². The largest absolute Gasteiger partial charge is 0.396 e. The summed E-state index contributed by atoms with van der Waals surface area (Å²) in [5, 5.41) is 8.64. The fourth-order valence-corrected chi connectivity index (χ4v) is 1.41. The van der Waals surface area contributed by atoms with Crippen molar-refractivity contribution >= 4 is 0 Å². The van der Waals surface area contributed by atoms with Crippen LogP contribution in [-0.2, 0) is 6.42 Å². The third-order valence-electron chi connectivity index (χ3n) is 2.19. The average molecular weight is 179 g/mol. The highest BCUT2D eigenvalue weighted by molar-refractivity contribution is 5.21. The normalized spacial score (nSPS) is 10.4. The molecule has 1 rings (SSSR count). The highest BCUT2D eigenvalue weighted by Gasteiger charge is 1.98. The molecule has 72 valence electrons. The van der Waals surface area contributed by atoms with Gasteiger partial charge in [-0.25, -0.2) is 0 Å². The van der Waals surface area contributed by atoms with Gasteiger partial charge in [0.15, 0.2) is 0 Å². The number of aliphatic hydroxyl groups excluding tert-OH is 1. The van der Waals surface area contributed by atoms with Crippen molar-refractivity contribution in [1.82, 2.24) is 4.98 Å². The Morgan fingerprint density at radius 2 is 2.00 bits per heavy atom. The molecule has 1 aromatic rings. The van der Waals surface area contributed by atoms with Gasteiger partial charge < -0.3 is 5.11 Å². The van der Waals surface area contributed by atoms with Crippen molar-refractivity contribution in [3.8, 4) is 0 Å². The van der Waals surface area contributed by atoms with Crippen LogP contribution in [0.15, 0.2) is 12.1 Å². The first-order valence-corrected chi connectivity index (χ1v) is 4.78. The van der Waals surface area contributed by atoms with Crippen molar-refractivity contribution in [3.63, 3.8) is 0 Å². The molecule has 2 heteroatoms. The molecule has 0 spiro atoms. The summed E-state index contributed by atoms with van der Waals surface area (Å²) in [5.41, 5.74) is 3.50. The van der Waals surface area contributed by atoms with Gasteiger partial charge in [0.25, 0.3) is 0 Å². The Morgan fingerprint density at radius 3 is 2.62 bits per heavy atom. The number of hydrogen-bond donors (Lipinski definition) is 1. The second-order valence-corrected chi connectivity index (χ2v) is 3.38. The van der Waals surface area contributed by atoms with Crippen LogP contribution in [-0.4, -0.2) is 16.7 Å². The molecule has 0 fully saturated rings. The zero-order chi connectivity index (χ0) is 9.68. The quantitative estimate of drug-likeness (QED) is 0.717. The van der Waals surface area contributed by atoms with Crippen LogP contribution in [0.25, 0.3) is 0 Å². The van der Waals surface area contributed by atoms with Gasteiger partial charge in [-0.2, -0.15) is 0 Å². The van der Waals surface area contributed by atoms with Crippen LogP contribution in [0.4, 0.5) is 0 Å². The molecule has 1 aromatic heterocycles. The van der Waals surface area contributed by atoms with E-state index in [0.29, 0.717) is 6.61 Å². The number of unbranched alkanes of at least 4 members (excludes halogenated alkanes) is 1. The van der Waals surface area contributed by atoms with Crippen LogP contribution in [0.2, 0.25) is 0 Å². The summed E-state index contributed by atoms with van der Waals surface area (Å²) >= 11 is 0. The first kappa shape index (κ1) is 10.2. The molecule has 0 aliphatic rings. The van der Waals surface area contributed by atoms with Crippen LogP contribution < -0.4 is 0 Å². The zero-order valence-corrected chi connectivity index (χ0v) is 8.38. The topological polar surface area (TPSA) is 33.1 Å². The Kier molecular flexibility index (Phi) is 3.90. The maximum absolute atomic E-state index is 8.64. The molecule has 0 atom stereocenters. The summed E-state index contributed by atoms with van der Waals surface area (Å²) in [6, 6.07) is 4.18. The van der Waals surface area contributed by atoms with Gasteiger partial charge in [0.05, 0.1) is 0 Å². The summed E-state index contributed by atoms with van der Waals surface area (Å²) in [6.07, 6.45) is 2.95. The van der Waals surface area contributed by atoms with Crippen LogP contribution in [0, 0.1) is 13.8 Å². The van der Waals surface area contributed by atoms with Crippen molar-refractivity contribution in [3.05, 3.63) is 29.1 Å². The van der Waals surface area contributed by atoms with E-state index in [1.165, 1.54) is 5.56 Å². The van der Waals surface area contributed by atoms with E-state index in [0.717, 1.165) is 30.7 Å². The molecular formula is C11H17NO. The standard InChI is InChI=1S/C11H17NO/c1-9-6-7-11(10(2)12-9)5-3-4-8-13/h6-7,13H,3-5,8H2,1-2H3. The zero-order valence-electron chi connectivity index (χ0n) is 8.38. The Labute approximate surface area is 79.6 Å². The van der Waals surface area contributed by atoms with Crippen molar-refractivity contribution < 1.29 is 5.11 Å². The van der Waals surface area contributed by atoms with Gasteiger partial charge in [0, 0.05) is 18.0 Å². The second kappa shape index (κ2) is 4.97. The molecule has 0 unspecified atom stereocenters. The first-order chi connectivity index (χ1) is 6.24. The number of aryl methyl sites for hydroxylation is 3. The molecule has 0 aliphatic carbocycles. The summed E-state index contributed by atoms with van der Waals surface area (Å²) in [4.78, 5) is 4.39. The average Bonchev–Trinajstić information content (AvgIpc) is 2.09. The summed E-state index contributed by atoms with van der Waals surface area (Å²) in [7, 11) is 0. The van der Waals surface area contributed by atoms with Crippen LogP contribution in [0.3, 0.4) is 0 Å². The predicted molar refractivity (Wildman–Crippen MR) is 53.7 cm³/mol. The SMILES string of the molecule is Cc1ccc(CCCCO)c(C)n1. The molecule has 1 heterocycles. The van der Waals surface area contributed by atoms with Crippen LogP contribution >= 0.6 is 0 Å². The number of hydrogen-bond acceptors (Lipinski definition) is 2. The fourth-order valence-electron chi connectivity index (χ4n) is 1.41. The van der Waals surface area contributed by atoms with Crippen LogP contribution in [0.1, 0.15) is 29.8 Å². The molecule has 2 nitrogen and oxygen atoms in total. The van der Waals surface area contributed by atoms with Crippen molar-refractivity contribution in [1.29, 1.82) is 0 Å². The highest BCUT2D eigenvalue weighted by atomic mass is 16.2. The van der Waals surface area contributed by atoms with E-state index in [2.05, 4.69) is 11.1 Å². The molecule has 0 saturated carbocycles. The van der Waals surface area contributed by atoms with E-state index in [9.17, 15) is 0 Å². The van der Waals surface area contributed by atoms with E-state index in [1.54, 1.807) is 0 Å². The smallest absolute Gasteiger partial charge is 0.0431 e. The molecule has 0 bridgehead atoms. The van der Waals surface area contributed by atoms with E-state index in [-0.39, 0.29) is 0 Å². The molecule has 13 heavy (non-hydrogen) atoms. The fraction of sp³-hybridized carbons (Fsp3) is 0.545. The maximum atomic E-state index is 8.64. The van der Waals surface area contributed by atoms with Gasteiger partial charge in [-0.1, -0.05) is 6.07 Å². The highest BCUT2D eigenvalue weighted by Crippen LogP contribution is 2.09. The third kappa shape index (κ3) is 3.15. The van der Waals surface area contributed by atoms with Gasteiger partial charge in [-0.05, 0) is 44.7 Å². The number of rotatable bonds is 4. The molecule has 0 amide bonds. The number of aromatic nitrogens is 1. The second-order valence-electron chi connectivity index (χ2n) is 3.38. The Balaban J connectivity index is 2.56. The number of pyridine rings is 1.